The molecule has 4 rings (SSSR count). The predicted molar refractivity (Wildman–Crippen MR) is 144 cm³/mol. The van der Waals surface area contributed by atoms with Crippen molar-refractivity contribution in [2.75, 3.05) is 41.7 Å². The topological polar surface area (TPSA) is 121 Å². The Morgan fingerprint density at radius 1 is 1.05 bits per heavy atom. The molecule has 1 aliphatic heterocycles. The fourth-order valence-corrected chi connectivity index (χ4v) is 5.41. The molecule has 0 unspecified atom stereocenters. The average Bonchev–Trinajstić information content (AvgIpc) is 2.89. The summed E-state index contributed by atoms with van der Waals surface area (Å²) in [7, 11) is -3.26. The van der Waals surface area contributed by atoms with E-state index in [1.54, 1.807) is 24.2 Å². The first-order valence-corrected chi connectivity index (χ1v) is 13.6. The number of carbonyl (C=O) groups excluding carboxylic acids is 1. The Morgan fingerprint density at radius 3 is 2.37 bits per heavy atom. The number of sulfonamides is 1. The number of aromatic nitrogens is 1. The van der Waals surface area contributed by atoms with Crippen LogP contribution in [0.5, 0.6) is 0 Å². The summed E-state index contributed by atoms with van der Waals surface area (Å²) in [6, 6.07) is 12.3. The third-order valence-electron chi connectivity index (χ3n) is 6.35. The number of anilines is 4. The molecule has 1 fully saturated rings. The first-order chi connectivity index (χ1) is 18.0. The summed E-state index contributed by atoms with van der Waals surface area (Å²) >= 11 is 0. The van der Waals surface area contributed by atoms with Crippen LogP contribution in [-0.2, 0) is 16.6 Å². The van der Waals surface area contributed by atoms with Crippen LogP contribution in [0, 0.1) is 11.6 Å². The molecular formula is C26H30F2N6O3S. The molecule has 0 spiro atoms. The fraction of sp³-hybridized carbons (Fsp3) is 0.308. The number of primary amides is 1. The minimum absolute atomic E-state index is 0.0617. The maximum atomic E-state index is 14.0. The second-order valence-electron chi connectivity index (χ2n) is 9.22. The number of benzene rings is 2. The van der Waals surface area contributed by atoms with Gasteiger partial charge >= 0.3 is 0 Å². The minimum atomic E-state index is -3.26. The zero-order valence-electron chi connectivity index (χ0n) is 21.1. The number of hydrogen-bond donors (Lipinski definition) is 3. The molecule has 0 radical (unpaired) electrons. The van der Waals surface area contributed by atoms with Crippen molar-refractivity contribution < 1.29 is 22.0 Å². The third-order valence-corrected chi connectivity index (χ3v) is 8.62. The number of amides is 1. The number of nitrogens with zero attached hydrogens (tertiary/aromatic N) is 3. The van der Waals surface area contributed by atoms with Gasteiger partial charge in [-0.1, -0.05) is 0 Å². The van der Waals surface area contributed by atoms with E-state index < -0.39 is 32.8 Å². The normalized spacial score (nSPS) is 14.5. The van der Waals surface area contributed by atoms with Crippen LogP contribution in [0.25, 0.3) is 0 Å². The quantitative estimate of drug-likeness (QED) is 0.376. The van der Waals surface area contributed by atoms with Crippen LogP contribution in [0.3, 0.4) is 0 Å². The van der Waals surface area contributed by atoms with E-state index in [0.717, 1.165) is 29.6 Å². The Balaban J connectivity index is 1.43. The number of halogens is 2. The summed E-state index contributed by atoms with van der Waals surface area (Å²) in [6.45, 7) is 5.37. The molecule has 0 atom stereocenters. The smallest absolute Gasteiger partial charge is 0.252 e. The number of nitrogens with two attached hydrogens (primary N) is 1. The molecule has 1 amide bonds. The molecule has 0 saturated carbocycles. The van der Waals surface area contributed by atoms with Crippen LogP contribution in [0.4, 0.5) is 31.7 Å². The zero-order chi connectivity index (χ0) is 27.4. The van der Waals surface area contributed by atoms with Crippen LogP contribution in [-0.4, -0.2) is 55.0 Å². The van der Waals surface area contributed by atoms with Gasteiger partial charge in [0.2, 0.25) is 10.0 Å². The summed E-state index contributed by atoms with van der Waals surface area (Å²) in [5.74, 6) is -1.44. The van der Waals surface area contributed by atoms with E-state index in [1.807, 2.05) is 24.3 Å². The molecule has 1 aromatic heterocycles. The molecule has 0 bridgehead atoms. The highest BCUT2D eigenvalue weighted by Crippen LogP contribution is 2.25. The van der Waals surface area contributed by atoms with Crippen molar-refractivity contribution in [2.45, 2.75) is 25.6 Å². The minimum Gasteiger partial charge on any atom is -0.380 e. The second-order valence-corrected chi connectivity index (χ2v) is 11.7. The van der Waals surface area contributed by atoms with Crippen molar-refractivity contribution in [1.82, 2.24) is 9.29 Å². The molecule has 1 saturated heterocycles. The molecule has 0 aliphatic carbocycles. The van der Waals surface area contributed by atoms with Crippen molar-refractivity contribution >= 4 is 38.8 Å². The van der Waals surface area contributed by atoms with E-state index in [4.69, 9.17) is 5.73 Å². The van der Waals surface area contributed by atoms with Gasteiger partial charge in [-0.3, -0.25) is 4.79 Å². The number of pyridine rings is 1. The van der Waals surface area contributed by atoms with Crippen molar-refractivity contribution in [3.8, 4) is 0 Å². The summed E-state index contributed by atoms with van der Waals surface area (Å²) in [4.78, 5) is 18.2. The second kappa shape index (κ2) is 11.3. The molecule has 3 aromatic rings. The van der Waals surface area contributed by atoms with Crippen LogP contribution < -0.4 is 21.3 Å². The van der Waals surface area contributed by atoms with Crippen molar-refractivity contribution in [1.29, 1.82) is 0 Å². The number of piperazine rings is 1. The molecule has 2 aromatic carbocycles. The lowest BCUT2D eigenvalue weighted by molar-refractivity contribution is 0.100. The van der Waals surface area contributed by atoms with Crippen LogP contribution in [0.2, 0.25) is 0 Å². The van der Waals surface area contributed by atoms with E-state index in [-0.39, 0.29) is 17.7 Å². The van der Waals surface area contributed by atoms with Gasteiger partial charge in [-0.2, -0.15) is 4.31 Å². The van der Waals surface area contributed by atoms with Gasteiger partial charge in [0.25, 0.3) is 5.91 Å². The monoisotopic (exact) mass is 544 g/mol. The lowest BCUT2D eigenvalue weighted by Gasteiger charge is -2.36. The van der Waals surface area contributed by atoms with Gasteiger partial charge in [-0.05, 0) is 56.3 Å². The molecule has 1 aliphatic rings. The maximum absolute atomic E-state index is 14.0. The van der Waals surface area contributed by atoms with Gasteiger partial charge in [-0.25, -0.2) is 22.2 Å². The summed E-state index contributed by atoms with van der Waals surface area (Å²) in [5, 5.41) is 5.65. The van der Waals surface area contributed by atoms with Crippen LogP contribution in [0.15, 0.2) is 54.7 Å². The zero-order valence-corrected chi connectivity index (χ0v) is 21.9. The fourth-order valence-electron chi connectivity index (χ4n) is 4.14. The van der Waals surface area contributed by atoms with E-state index >= 15 is 0 Å². The number of carbonyl (C=O) groups is 1. The lowest BCUT2D eigenvalue weighted by Crippen LogP contribution is -2.50. The predicted octanol–water partition coefficient (Wildman–Crippen LogP) is 3.67. The van der Waals surface area contributed by atoms with Gasteiger partial charge in [0.05, 0.1) is 16.5 Å². The van der Waals surface area contributed by atoms with Gasteiger partial charge in [-0.15, -0.1) is 0 Å². The summed E-state index contributed by atoms with van der Waals surface area (Å²) in [6.07, 6.45) is 1.31. The van der Waals surface area contributed by atoms with Gasteiger partial charge in [0.15, 0.2) is 0 Å². The molecular weight excluding hydrogens is 514 g/mol. The van der Waals surface area contributed by atoms with Crippen molar-refractivity contribution in [3.63, 3.8) is 0 Å². The first-order valence-electron chi connectivity index (χ1n) is 12.1. The number of nitrogens with one attached hydrogen (secondary N) is 2. The summed E-state index contributed by atoms with van der Waals surface area (Å²) in [5.41, 5.74) is 7.70. The maximum Gasteiger partial charge on any atom is 0.252 e. The van der Waals surface area contributed by atoms with Crippen molar-refractivity contribution in [2.24, 2.45) is 5.73 Å². The largest absolute Gasteiger partial charge is 0.380 e. The molecule has 4 N–H and O–H groups in total. The highest BCUT2D eigenvalue weighted by atomic mass is 32.2. The van der Waals surface area contributed by atoms with Crippen LogP contribution >= 0.6 is 0 Å². The van der Waals surface area contributed by atoms with Crippen LogP contribution in [0.1, 0.15) is 29.8 Å². The van der Waals surface area contributed by atoms with E-state index in [2.05, 4.69) is 20.5 Å². The van der Waals surface area contributed by atoms with Gasteiger partial charge < -0.3 is 21.3 Å². The summed E-state index contributed by atoms with van der Waals surface area (Å²) < 4.78 is 53.9. The van der Waals surface area contributed by atoms with Gasteiger partial charge in [0.1, 0.15) is 17.5 Å². The molecule has 38 heavy (non-hydrogen) atoms. The Morgan fingerprint density at radius 2 is 1.74 bits per heavy atom. The van der Waals surface area contributed by atoms with Gasteiger partial charge in [0, 0.05) is 61.9 Å². The van der Waals surface area contributed by atoms with E-state index in [1.165, 1.54) is 6.20 Å². The highest BCUT2D eigenvalue weighted by Gasteiger charge is 2.29. The average molecular weight is 545 g/mol. The number of hydrogen-bond acceptors (Lipinski definition) is 7. The Hall–Kier alpha value is -3.77. The Labute approximate surface area is 220 Å². The third kappa shape index (κ3) is 6.20. The highest BCUT2D eigenvalue weighted by molar-refractivity contribution is 7.89. The standard InChI is InChI=1S/C26H30F2N6O3S/c1-17(2)38(36,37)34-11-9-33(10-12-34)21-6-4-20(5-7-21)32-25-14-24(22(16-31-25)26(29)35)30-15-18-13-19(27)3-8-23(18)28/h3-8,13-14,16-17H,9-12,15H2,1-2H3,(H2,29,35)(H2,30,31,32). The Bertz CT molecular complexity index is 1410. The molecule has 9 nitrogen and oxygen atoms in total. The number of rotatable bonds is 9. The lowest BCUT2D eigenvalue weighted by atomic mass is 10.1. The van der Waals surface area contributed by atoms with E-state index in [9.17, 15) is 22.0 Å². The SMILES string of the molecule is CC(C)S(=O)(=O)N1CCN(c2ccc(Nc3cc(NCc4cc(F)ccc4F)c(C(N)=O)cn3)cc2)CC1. The van der Waals surface area contributed by atoms with Crippen molar-refractivity contribution in [3.05, 3.63) is 77.5 Å². The first kappa shape index (κ1) is 27.3. The van der Waals surface area contributed by atoms with E-state index in [0.29, 0.717) is 37.7 Å². The molecule has 2 heterocycles. The molecule has 202 valence electrons. The molecule has 12 heteroatoms. The Kier molecular flexibility index (Phi) is 8.12.